The van der Waals surface area contributed by atoms with Gasteiger partial charge in [0.1, 0.15) is 5.69 Å². The van der Waals surface area contributed by atoms with E-state index < -0.39 is 0 Å². The van der Waals surface area contributed by atoms with Crippen LogP contribution in [0.15, 0.2) is 66.9 Å². The lowest BCUT2D eigenvalue weighted by atomic mass is 10.1. The number of anilines is 3. The van der Waals surface area contributed by atoms with Crippen LogP contribution in [-0.2, 0) is 0 Å². The van der Waals surface area contributed by atoms with Gasteiger partial charge >= 0.3 is 0 Å². The zero-order chi connectivity index (χ0) is 18.5. The van der Waals surface area contributed by atoms with Crippen LogP contribution in [0.25, 0.3) is 0 Å². The summed E-state index contributed by atoms with van der Waals surface area (Å²) in [7, 11) is 0. The number of ketones is 1. The lowest BCUT2D eigenvalue weighted by molar-refractivity contribution is 0.100. The smallest absolute Gasteiger partial charge is 0.274 e. The van der Waals surface area contributed by atoms with Gasteiger partial charge in [0.25, 0.3) is 5.91 Å². The van der Waals surface area contributed by atoms with Crippen molar-refractivity contribution in [2.24, 2.45) is 0 Å². The Bertz CT molecular complexity index is 955. The molecule has 0 radical (unpaired) electrons. The molecule has 0 atom stereocenters. The molecule has 1 heterocycles. The molecule has 130 valence electrons. The molecule has 5 nitrogen and oxygen atoms in total. The van der Waals surface area contributed by atoms with Crippen molar-refractivity contribution < 1.29 is 9.59 Å². The first kappa shape index (κ1) is 17.6. The molecule has 0 aliphatic carbocycles. The molecule has 3 aromatic rings. The van der Waals surface area contributed by atoms with E-state index in [4.69, 9.17) is 11.6 Å². The molecule has 1 aromatic heterocycles. The Morgan fingerprint density at radius 3 is 2.38 bits per heavy atom. The Balaban J connectivity index is 1.69. The monoisotopic (exact) mass is 365 g/mol. The van der Waals surface area contributed by atoms with E-state index in [1.54, 1.807) is 54.7 Å². The van der Waals surface area contributed by atoms with Gasteiger partial charge in [-0.3, -0.25) is 9.59 Å². The molecular weight excluding hydrogens is 350 g/mol. The number of rotatable bonds is 5. The predicted molar refractivity (Wildman–Crippen MR) is 103 cm³/mol. The van der Waals surface area contributed by atoms with Crippen LogP contribution in [0.4, 0.5) is 17.1 Å². The predicted octanol–water partition coefficient (Wildman–Crippen LogP) is 4.93. The number of hydrogen-bond acceptors (Lipinski definition) is 4. The van der Waals surface area contributed by atoms with Crippen LogP contribution in [-0.4, -0.2) is 16.7 Å². The highest BCUT2D eigenvalue weighted by atomic mass is 35.5. The number of nitrogens with zero attached hydrogens (tertiary/aromatic N) is 1. The minimum atomic E-state index is -0.347. The molecule has 0 fully saturated rings. The molecule has 0 saturated carbocycles. The van der Waals surface area contributed by atoms with Gasteiger partial charge in [-0.1, -0.05) is 29.8 Å². The number of aromatic nitrogens is 1. The van der Waals surface area contributed by atoms with Crippen LogP contribution in [0.3, 0.4) is 0 Å². The maximum absolute atomic E-state index is 12.3. The van der Waals surface area contributed by atoms with Crippen molar-refractivity contribution in [3.8, 4) is 0 Å². The van der Waals surface area contributed by atoms with Crippen LogP contribution < -0.4 is 10.6 Å². The van der Waals surface area contributed by atoms with Gasteiger partial charge in [-0.2, -0.15) is 0 Å². The van der Waals surface area contributed by atoms with Crippen molar-refractivity contribution in [2.45, 2.75) is 6.92 Å². The number of carbonyl (C=O) groups excluding carboxylic acids is 2. The highest BCUT2D eigenvalue weighted by Crippen LogP contribution is 2.20. The molecule has 0 saturated heterocycles. The first-order valence-electron chi connectivity index (χ1n) is 7.92. The molecule has 0 aliphatic rings. The summed E-state index contributed by atoms with van der Waals surface area (Å²) in [5.74, 6) is -0.407. The summed E-state index contributed by atoms with van der Waals surface area (Å²) >= 11 is 5.96. The van der Waals surface area contributed by atoms with Crippen LogP contribution in [0.2, 0.25) is 5.02 Å². The lowest BCUT2D eigenvalue weighted by Crippen LogP contribution is -2.14. The number of amides is 1. The second kappa shape index (κ2) is 7.80. The molecule has 26 heavy (non-hydrogen) atoms. The van der Waals surface area contributed by atoms with Crippen molar-refractivity contribution in [2.75, 3.05) is 10.6 Å². The summed E-state index contributed by atoms with van der Waals surface area (Å²) in [6, 6.07) is 17.5. The minimum absolute atomic E-state index is 0.0596. The standard InChI is InChI=1S/C20H16ClN3O2/c1-13(25)14-4-2-6-16(10-14)24-20(26)19-9-8-18(12-22-19)23-17-7-3-5-15(21)11-17/h2-12,23H,1H3,(H,24,26). The summed E-state index contributed by atoms with van der Waals surface area (Å²) < 4.78 is 0. The molecule has 1 amide bonds. The highest BCUT2D eigenvalue weighted by molar-refractivity contribution is 6.30. The van der Waals surface area contributed by atoms with E-state index in [-0.39, 0.29) is 17.4 Å². The van der Waals surface area contributed by atoms with Gasteiger partial charge in [0.05, 0.1) is 11.9 Å². The summed E-state index contributed by atoms with van der Waals surface area (Å²) in [4.78, 5) is 27.9. The highest BCUT2D eigenvalue weighted by Gasteiger charge is 2.09. The van der Waals surface area contributed by atoms with Crippen LogP contribution >= 0.6 is 11.6 Å². The summed E-state index contributed by atoms with van der Waals surface area (Å²) in [6.45, 7) is 1.48. The Hall–Kier alpha value is -3.18. The number of halogens is 1. The number of pyridine rings is 1. The van der Waals surface area contributed by atoms with Crippen molar-refractivity contribution in [3.05, 3.63) is 83.1 Å². The van der Waals surface area contributed by atoms with Gasteiger partial charge in [0.2, 0.25) is 0 Å². The third-order valence-electron chi connectivity index (χ3n) is 3.64. The Labute approximate surface area is 156 Å². The first-order chi connectivity index (χ1) is 12.5. The Kier molecular flexibility index (Phi) is 5.29. The number of nitrogens with one attached hydrogen (secondary N) is 2. The molecule has 0 bridgehead atoms. The topological polar surface area (TPSA) is 71.1 Å². The van der Waals surface area contributed by atoms with Crippen molar-refractivity contribution in [1.82, 2.24) is 4.98 Å². The maximum Gasteiger partial charge on any atom is 0.274 e. The summed E-state index contributed by atoms with van der Waals surface area (Å²) in [5, 5.41) is 6.53. The fourth-order valence-corrected chi connectivity index (χ4v) is 2.54. The van der Waals surface area contributed by atoms with Crippen LogP contribution in [0.5, 0.6) is 0 Å². The molecule has 2 N–H and O–H groups in total. The number of Topliss-reactive ketones (excluding diaryl/α,β-unsaturated/α-hetero) is 1. The van der Waals surface area contributed by atoms with Gasteiger partial charge in [-0.15, -0.1) is 0 Å². The van der Waals surface area contributed by atoms with E-state index in [2.05, 4.69) is 15.6 Å². The van der Waals surface area contributed by atoms with Crippen molar-refractivity contribution in [3.63, 3.8) is 0 Å². The zero-order valence-corrected chi connectivity index (χ0v) is 14.7. The van der Waals surface area contributed by atoms with E-state index in [1.807, 2.05) is 12.1 Å². The summed E-state index contributed by atoms with van der Waals surface area (Å²) in [5.41, 5.74) is 2.93. The lowest BCUT2D eigenvalue weighted by Gasteiger charge is -2.08. The van der Waals surface area contributed by atoms with Crippen LogP contribution in [0, 0.1) is 0 Å². The quantitative estimate of drug-likeness (QED) is 0.628. The Morgan fingerprint density at radius 2 is 1.69 bits per heavy atom. The third-order valence-corrected chi connectivity index (χ3v) is 3.87. The van der Waals surface area contributed by atoms with Crippen molar-refractivity contribution >= 4 is 40.4 Å². The van der Waals surface area contributed by atoms with Gasteiger partial charge in [0, 0.05) is 22.0 Å². The number of hydrogen-bond donors (Lipinski definition) is 2. The first-order valence-corrected chi connectivity index (χ1v) is 8.30. The van der Waals surface area contributed by atoms with E-state index >= 15 is 0 Å². The minimum Gasteiger partial charge on any atom is -0.354 e. The van der Waals surface area contributed by atoms with E-state index in [0.717, 1.165) is 11.4 Å². The molecule has 3 rings (SSSR count). The molecule has 0 unspecified atom stereocenters. The van der Waals surface area contributed by atoms with Crippen LogP contribution in [0.1, 0.15) is 27.8 Å². The molecular formula is C20H16ClN3O2. The van der Waals surface area contributed by atoms with E-state index in [1.165, 1.54) is 6.92 Å². The van der Waals surface area contributed by atoms with E-state index in [9.17, 15) is 9.59 Å². The average molecular weight is 366 g/mol. The molecule has 0 spiro atoms. The fourth-order valence-electron chi connectivity index (χ4n) is 2.35. The fraction of sp³-hybridized carbons (Fsp3) is 0.0500. The van der Waals surface area contributed by atoms with Gasteiger partial charge < -0.3 is 10.6 Å². The zero-order valence-electron chi connectivity index (χ0n) is 14.0. The maximum atomic E-state index is 12.3. The average Bonchev–Trinajstić information content (AvgIpc) is 2.62. The van der Waals surface area contributed by atoms with Gasteiger partial charge in [-0.05, 0) is 49.4 Å². The SMILES string of the molecule is CC(=O)c1cccc(NC(=O)c2ccc(Nc3cccc(Cl)c3)cn2)c1. The second-order valence-corrected chi connectivity index (χ2v) is 6.10. The molecule has 6 heteroatoms. The van der Waals surface area contributed by atoms with Gasteiger partial charge in [0.15, 0.2) is 5.78 Å². The largest absolute Gasteiger partial charge is 0.354 e. The Morgan fingerprint density at radius 1 is 0.923 bits per heavy atom. The van der Waals surface area contributed by atoms with Crippen molar-refractivity contribution in [1.29, 1.82) is 0 Å². The molecule has 2 aromatic carbocycles. The third kappa shape index (κ3) is 4.46. The van der Waals surface area contributed by atoms with E-state index in [0.29, 0.717) is 16.3 Å². The second-order valence-electron chi connectivity index (χ2n) is 5.66. The summed E-state index contributed by atoms with van der Waals surface area (Å²) in [6.07, 6.45) is 1.57. The number of carbonyl (C=O) groups is 2. The number of benzene rings is 2. The normalized spacial score (nSPS) is 10.2. The molecule has 0 aliphatic heterocycles. The van der Waals surface area contributed by atoms with Gasteiger partial charge in [-0.25, -0.2) is 4.98 Å².